The van der Waals surface area contributed by atoms with Gasteiger partial charge in [-0.25, -0.2) is 0 Å². The van der Waals surface area contributed by atoms with Crippen molar-refractivity contribution in [2.75, 3.05) is 11.5 Å². The van der Waals surface area contributed by atoms with Crippen LogP contribution in [-0.2, 0) is 11.2 Å². The van der Waals surface area contributed by atoms with E-state index in [0.29, 0.717) is 23.3 Å². The molecule has 4 nitrogen and oxygen atoms in total. The summed E-state index contributed by atoms with van der Waals surface area (Å²) in [6, 6.07) is 15.5. The number of rotatable bonds is 6. The molecule has 2 aromatic carbocycles. The summed E-state index contributed by atoms with van der Waals surface area (Å²) in [6.07, 6.45) is 2.64. The van der Waals surface area contributed by atoms with Crippen LogP contribution < -0.4 is 15.0 Å². The number of ether oxygens (including phenoxy) is 1. The van der Waals surface area contributed by atoms with E-state index in [1.54, 1.807) is 4.90 Å². The highest BCUT2D eigenvalue weighted by molar-refractivity contribution is 7.80. The Labute approximate surface area is 165 Å². The van der Waals surface area contributed by atoms with Crippen LogP contribution in [0.15, 0.2) is 54.2 Å². The molecule has 0 aromatic heterocycles. The van der Waals surface area contributed by atoms with Crippen LogP contribution in [0.25, 0.3) is 6.08 Å². The normalized spacial score (nSPS) is 15.6. The third-order valence-electron chi connectivity index (χ3n) is 4.24. The number of para-hydroxylation sites is 1. The molecule has 5 heteroatoms. The van der Waals surface area contributed by atoms with Crippen LogP contribution in [0.5, 0.6) is 5.75 Å². The molecular weight excluding hydrogens is 356 g/mol. The van der Waals surface area contributed by atoms with E-state index in [1.165, 1.54) is 0 Å². The lowest BCUT2D eigenvalue weighted by Gasteiger charge is -2.17. The summed E-state index contributed by atoms with van der Waals surface area (Å²) in [5.41, 5.74) is 3.27. The molecule has 0 aliphatic carbocycles. The Bertz CT molecular complexity index is 889. The highest BCUT2D eigenvalue weighted by Gasteiger charge is 2.32. The van der Waals surface area contributed by atoms with Gasteiger partial charge in [0.1, 0.15) is 11.4 Å². The fraction of sp³-hybridized carbons (Fsp3) is 0.273. The number of carbonyl (C=O) groups is 1. The zero-order valence-electron chi connectivity index (χ0n) is 15.9. The Morgan fingerprint density at radius 1 is 1.19 bits per heavy atom. The Kier molecular flexibility index (Phi) is 5.91. The Morgan fingerprint density at radius 2 is 1.96 bits per heavy atom. The van der Waals surface area contributed by atoms with Gasteiger partial charge < -0.3 is 10.1 Å². The zero-order chi connectivity index (χ0) is 19.4. The number of aryl methyl sites for hydroxylation is 1. The number of hydrogen-bond donors (Lipinski definition) is 1. The molecule has 27 heavy (non-hydrogen) atoms. The summed E-state index contributed by atoms with van der Waals surface area (Å²) in [5, 5.41) is 3.45. The van der Waals surface area contributed by atoms with Gasteiger partial charge in [0, 0.05) is 0 Å². The van der Waals surface area contributed by atoms with E-state index in [0.717, 1.165) is 29.0 Å². The summed E-state index contributed by atoms with van der Waals surface area (Å²) in [6.45, 7) is 6.94. The molecule has 140 valence electrons. The molecule has 1 aliphatic heterocycles. The van der Waals surface area contributed by atoms with Crippen LogP contribution >= 0.6 is 12.2 Å². The maximum Gasteiger partial charge on any atom is 0.281 e. The van der Waals surface area contributed by atoms with Crippen molar-refractivity contribution in [2.24, 2.45) is 5.92 Å². The first kappa shape index (κ1) is 19.1. The number of amides is 1. The predicted octanol–water partition coefficient (Wildman–Crippen LogP) is 4.55. The Hall–Kier alpha value is -2.66. The first-order valence-corrected chi connectivity index (χ1v) is 9.58. The average molecular weight is 381 g/mol. The minimum Gasteiger partial charge on any atom is -0.493 e. The van der Waals surface area contributed by atoms with E-state index in [9.17, 15) is 4.79 Å². The third-order valence-corrected chi connectivity index (χ3v) is 4.53. The fourth-order valence-electron chi connectivity index (χ4n) is 2.91. The van der Waals surface area contributed by atoms with Crippen LogP contribution in [0.1, 0.15) is 31.9 Å². The maximum absolute atomic E-state index is 13.0. The number of thiocarbonyl (C=S) groups is 1. The molecule has 0 unspecified atom stereocenters. The molecule has 0 bridgehead atoms. The van der Waals surface area contributed by atoms with Crippen LogP contribution in [0.4, 0.5) is 5.69 Å². The Balaban J connectivity index is 1.85. The number of benzene rings is 2. The summed E-state index contributed by atoms with van der Waals surface area (Å²) < 4.78 is 5.77. The van der Waals surface area contributed by atoms with Crippen LogP contribution in [0.2, 0.25) is 0 Å². The third kappa shape index (κ3) is 4.37. The molecule has 2 aromatic rings. The van der Waals surface area contributed by atoms with E-state index >= 15 is 0 Å². The number of carbonyl (C=O) groups excluding carboxylic acids is 1. The van der Waals surface area contributed by atoms with E-state index in [1.807, 2.05) is 54.6 Å². The summed E-state index contributed by atoms with van der Waals surface area (Å²) in [5.74, 6) is 1.10. The number of hydrogen-bond acceptors (Lipinski definition) is 3. The summed E-state index contributed by atoms with van der Waals surface area (Å²) in [7, 11) is 0. The minimum absolute atomic E-state index is 0.144. The molecule has 0 saturated carbocycles. The maximum atomic E-state index is 13.0. The fourth-order valence-corrected chi connectivity index (χ4v) is 3.20. The quantitative estimate of drug-likeness (QED) is 0.590. The molecule has 1 amide bonds. The zero-order valence-corrected chi connectivity index (χ0v) is 16.7. The van der Waals surface area contributed by atoms with Crippen LogP contribution in [0.3, 0.4) is 0 Å². The van der Waals surface area contributed by atoms with Crippen molar-refractivity contribution in [1.29, 1.82) is 0 Å². The van der Waals surface area contributed by atoms with E-state index < -0.39 is 0 Å². The lowest BCUT2D eigenvalue weighted by Crippen LogP contribution is -2.31. The van der Waals surface area contributed by atoms with Gasteiger partial charge in [-0.3, -0.25) is 9.69 Å². The molecule has 1 saturated heterocycles. The predicted molar refractivity (Wildman–Crippen MR) is 114 cm³/mol. The lowest BCUT2D eigenvalue weighted by atomic mass is 10.1. The minimum atomic E-state index is -0.144. The summed E-state index contributed by atoms with van der Waals surface area (Å²) >= 11 is 5.42. The van der Waals surface area contributed by atoms with Gasteiger partial charge in [0.25, 0.3) is 5.91 Å². The molecule has 0 atom stereocenters. The van der Waals surface area contributed by atoms with Crippen molar-refractivity contribution < 1.29 is 9.53 Å². The van der Waals surface area contributed by atoms with Crippen molar-refractivity contribution in [3.05, 3.63) is 65.4 Å². The first-order valence-electron chi connectivity index (χ1n) is 9.17. The number of nitrogens with zero attached hydrogens (tertiary/aromatic N) is 1. The van der Waals surface area contributed by atoms with Gasteiger partial charge in [0.2, 0.25) is 0 Å². The SMILES string of the molecule is CCc1ccccc1N1C(=O)/C(=C\c2cccc(OCC(C)C)c2)NC1=S. The van der Waals surface area contributed by atoms with Gasteiger partial charge in [0.05, 0.1) is 12.3 Å². The summed E-state index contributed by atoms with van der Waals surface area (Å²) in [4.78, 5) is 14.5. The highest BCUT2D eigenvalue weighted by Crippen LogP contribution is 2.27. The molecular formula is C22H24N2O2S. The van der Waals surface area contributed by atoms with Gasteiger partial charge in [0.15, 0.2) is 5.11 Å². The number of nitrogens with one attached hydrogen (secondary N) is 1. The van der Waals surface area contributed by atoms with Crippen molar-refractivity contribution in [1.82, 2.24) is 5.32 Å². The second-order valence-electron chi connectivity index (χ2n) is 6.89. The van der Waals surface area contributed by atoms with E-state index in [2.05, 4.69) is 26.1 Å². The second-order valence-corrected chi connectivity index (χ2v) is 7.28. The average Bonchev–Trinajstić information content (AvgIpc) is 2.93. The van der Waals surface area contributed by atoms with E-state index in [4.69, 9.17) is 17.0 Å². The van der Waals surface area contributed by atoms with Crippen molar-refractivity contribution >= 4 is 35.0 Å². The standard InChI is InChI=1S/C22H24N2O2S/c1-4-17-9-5-6-11-20(17)24-21(25)19(23-22(24)27)13-16-8-7-10-18(12-16)26-14-15(2)3/h5-13,15H,4,14H2,1-3H3,(H,23,27)/b19-13+. The molecule has 3 rings (SSSR count). The smallest absolute Gasteiger partial charge is 0.281 e. The van der Waals surface area contributed by atoms with Crippen molar-refractivity contribution in [3.63, 3.8) is 0 Å². The van der Waals surface area contributed by atoms with Gasteiger partial charge in [-0.1, -0.05) is 51.1 Å². The van der Waals surface area contributed by atoms with Gasteiger partial charge in [-0.2, -0.15) is 0 Å². The molecule has 1 heterocycles. The van der Waals surface area contributed by atoms with Crippen molar-refractivity contribution in [3.8, 4) is 5.75 Å². The Morgan fingerprint density at radius 3 is 2.70 bits per heavy atom. The topological polar surface area (TPSA) is 41.6 Å². The van der Waals surface area contributed by atoms with Gasteiger partial charge >= 0.3 is 0 Å². The van der Waals surface area contributed by atoms with Crippen molar-refractivity contribution in [2.45, 2.75) is 27.2 Å². The molecule has 0 spiro atoms. The van der Waals surface area contributed by atoms with Gasteiger partial charge in [-0.05, 0) is 60.0 Å². The monoisotopic (exact) mass is 380 g/mol. The molecule has 1 N–H and O–H groups in total. The largest absolute Gasteiger partial charge is 0.493 e. The molecule has 1 fully saturated rings. The molecule has 0 radical (unpaired) electrons. The van der Waals surface area contributed by atoms with Gasteiger partial charge in [-0.15, -0.1) is 0 Å². The molecule has 1 aliphatic rings. The second kappa shape index (κ2) is 8.35. The van der Waals surface area contributed by atoms with Crippen LogP contribution in [0, 0.1) is 5.92 Å². The number of anilines is 1. The lowest BCUT2D eigenvalue weighted by molar-refractivity contribution is -0.113. The first-order chi connectivity index (χ1) is 13.0. The van der Waals surface area contributed by atoms with Crippen LogP contribution in [-0.4, -0.2) is 17.6 Å². The highest BCUT2D eigenvalue weighted by atomic mass is 32.1. The van der Waals surface area contributed by atoms with E-state index in [-0.39, 0.29) is 5.91 Å².